The van der Waals surface area contributed by atoms with E-state index in [2.05, 4.69) is 34.6 Å². The fourth-order valence-electron chi connectivity index (χ4n) is 5.45. The van der Waals surface area contributed by atoms with E-state index in [1.807, 2.05) is 42.6 Å². The normalized spacial score (nSPS) is 16.9. The number of carbonyl (C=O) groups excluding carboxylic acids is 2. The summed E-state index contributed by atoms with van der Waals surface area (Å²) in [5.41, 5.74) is 5.43. The lowest BCUT2D eigenvalue weighted by Gasteiger charge is -2.23. The molecule has 3 aromatic carbocycles. The second-order valence-corrected chi connectivity index (χ2v) is 11.6. The van der Waals surface area contributed by atoms with Crippen LogP contribution in [0.5, 0.6) is 0 Å². The summed E-state index contributed by atoms with van der Waals surface area (Å²) in [4.78, 5) is 32.8. The summed E-state index contributed by atoms with van der Waals surface area (Å²) in [6.07, 6.45) is 1.21. The Balaban J connectivity index is 1.28. The Bertz CT molecular complexity index is 1470. The summed E-state index contributed by atoms with van der Waals surface area (Å²) >= 11 is 1.54. The van der Waals surface area contributed by atoms with Crippen LogP contribution < -0.4 is 5.32 Å². The Morgan fingerprint density at radius 1 is 1.05 bits per heavy atom. The predicted octanol–water partition coefficient (Wildman–Crippen LogP) is 5.40. The number of nitrogens with one attached hydrogen (secondary N) is 1. The first kappa shape index (κ1) is 27.9. The zero-order valence-corrected chi connectivity index (χ0v) is 23.7. The van der Waals surface area contributed by atoms with Gasteiger partial charge < -0.3 is 15.3 Å². The fourth-order valence-corrected chi connectivity index (χ4v) is 6.28. The molecule has 1 aromatic heterocycles. The molecule has 40 heavy (non-hydrogen) atoms. The molecule has 0 aliphatic heterocycles. The van der Waals surface area contributed by atoms with Crippen molar-refractivity contribution in [1.82, 2.24) is 15.2 Å². The maximum Gasteiger partial charge on any atom is 0.253 e. The molecule has 0 radical (unpaired) electrons. The van der Waals surface area contributed by atoms with Crippen molar-refractivity contribution in [3.05, 3.63) is 123 Å². The number of aliphatic hydroxyl groups is 1. The Morgan fingerprint density at radius 2 is 1.80 bits per heavy atom. The van der Waals surface area contributed by atoms with Gasteiger partial charge in [-0.15, -0.1) is 11.3 Å². The highest BCUT2D eigenvalue weighted by molar-refractivity contribution is 7.09. The van der Waals surface area contributed by atoms with Crippen molar-refractivity contribution in [1.29, 1.82) is 0 Å². The molecule has 5 rings (SSSR count). The zero-order valence-electron chi connectivity index (χ0n) is 22.9. The summed E-state index contributed by atoms with van der Waals surface area (Å²) in [7, 11) is 1.75. The number of aromatic nitrogens is 1. The summed E-state index contributed by atoms with van der Waals surface area (Å²) in [6, 6.07) is 25.2. The lowest BCUT2D eigenvalue weighted by Crippen LogP contribution is -2.34. The van der Waals surface area contributed by atoms with Crippen LogP contribution in [-0.4, -0.2) is 46.4 Å². The summed E-state index contributed by atoms with van der Waals surface area (Å²) in [5, 5.41) is 17.1. The van der Waals surface area contributed by atoms with Gasteiger partial charge in [0.25, 0.3) is 5.91 Å². The number of ketones is 1. The van der Waals surface area contributed by atoms with E-state index in [9.17, 15) is 14.7 Å². The smallest absolute Gasteiger partial charge is 0.253 e. The van der Waals surface area contributed by atoms with Crippen LogP contribution >= 0.6 is 11.3 Å². The number of aliphatic hydroxyl groups excluding tert-OH is 1. The molecule has 1 aliphatic rings. The Kier molecular flexibility index (Phi) is 8.85. The number of rotatable bonds is 11. The third-order valence-corrected chi connectivity index (χ3v) is 8.44. The molecule has 2 N–H and O–H groups in total. The van der Waals surface area contributed by atoms with Gasteiger partial charge in [-0.25, -0.2) is 4.98 Å². The minimum atomic E-state index is -0.488. The Labute approximate surface area is 239 Å². The molecule has 0 unspecified atom stereocenters. The molecular formula is C33H35N3O3S. The highest BCUT2D eigenvalue weighted by Gasteiger charge is 2.31. The average molecular weight is 554 g/mol. The highest BCUT2D eigenvalue weighted by Crippen LogP contribution is 2.31. The SMILES string of the molecule is Cc1csc(CN(C)C(=O)c2cccc(C(=O)C[C@H](CN[C@@H]3c4ccccc4C[C@@H]3O)Cc3ccccc3)c2)n1. The standard InChI is InChI=1S/C33H35N3O3S/c1-22-21-40-31(35-22)20-36(2)33(39)27-13-8-12-26(17-27)29(37)16-24(15-23-9-4-3-5-10-23)19-34-32-28-14-7-6-11-25(28)18-30(32)38/h3-14,17,21,24,30,32,34,38H,15-16,18-20H2,1-2H3/t24-,30+,32-/m1/s1. The van der Waals surface area contributed by atoms with E-state index in [0.717, 1.165) is 28.2 Å². The summed E-state index contributed by atoms with van der Waals surface area (Å²) < 4.78 is 0. The van der Waals surface area contributed by atoms with E-state index in [4.69, 9.17) is 0 Å². The van der Waals surface area contributed by atoms with Crippen LogP contribution in [0, 0.1) is 12.8 Å². The van der Waals surface area contributed by atoms with Crippen molar-refractivity contribution in [2.24, 2.45) is 5.92 Å². The maximum atomic E-state index is 13.5. The first-order chi connectivity index (χ1) is 19.4. The average Bonchev–Trinajstić information content (AvgIpc) is 3.52. The van der Waals surface area contributed by atoms with Crippen LogP contribution in [0.1, 0.15) is 60.6 Å². The minimum absolute atomic E-state index is 0.00273. The molecule has 6 nitrogen and oxygen atoms in total. The van der Waals surface area contributed by atoms with Crippen molar-refractivity contribution in [2.45, 2.75) is 44.9 Å². The molecular weight excluding hydrogens is 518 g/mol. The van der Waals surface area contributed by atoms with E-state index in [1.54, 1.807) is 36.2 Å². The number of hydrogen-bond donors (Lipinski definition) is 2. The number of Topliss-reactive ketones (excluding diaryl/α,β-unsaturated/α-hetero) is 1. The van der Waals surface area contributed by atoms with Crippen molar-refractivity contribution in [2.75, 3.05) is 13.6 Å². The largest absolute Gasteiger partial charge is 0.391 e. The first-order valence-electron chi connectivity index (χ1n) is 13.7. The van der Waals surface area contributed by atoms with Crippen LogP contribution in [0.15, 0.2) is 84.2 Å². The van der Waals surface area contributed by atoms with Gasteiger partial charge in [-0.05, 0) is 54.6 Å². The van der Waals surface area contributed by atoms with Gasteiger partial charge in [0.1, 0.15) is 5.01 Å². The lowest BCUT2D eigenvalue weighted by molar-refractivity contribution is 0.0785. The number of amides is 1. The molecule has 0 bridgehead atoms. The predicted molar refractivity (Wildman–Crippen MR) is 159 cm³/mol. The van der Waals surface area contributed by atoms with Crippen LogP contribution in [0.25, 0.3) is 0 Å². The third-order valence-electron chi connectivity index (χ3n) is 7.49. The highest BCUT2D eigenvalue weighted by atomic mass is 32.1. The van der Waals surface area contributed by atoms with Crippen LogP contribution in [0.4, 0.5) is 0 Å². The van der Waals surface area contributed by atoms with E-state index < -0.39 is 6.10 Å². The van der Waals surface area contributed by atoms with E-state index in [-0.39, 0.29) is 23.7 Å². The van der Waals surface area contributed by atoms with Crippen molar-refractivity contribution < 1.29 is 14.7 Å². The topological polar surface area (TPSA) is 82.5 Å². The first-order valence-corrected chi connectivity index (χ1v) is 14.6. The quantitative estimate of drug-likeness (QED) is 0.243. The van der Waals surface area contributed by atoms with Crippen molar-refractivity contribution in [3.63, 3.8) is 0 Å². The number of aryl methyl sites for hydroxylation is 1. The van der Waals surface area contributed by atoms with E-state index >= 15 is 0 Å². The number of fused-ring (bicyclic) bond motifs is 1. The monoisotopic (exact) mass is 553 g/mol. The number of carbonyl (C=O) groups is 2. The lowest BCUT2D eigenvalue weighted by atomic mass is 9.91. The number of thiazole rings is 1. The molecule has 7 heteroatoms. The molecule has 206 valence electrons. The van der Waals surface area contributed by atoms with Gasteiger partial charge in [0.15, 0.2) is 5.78 Å². The molecule has 1 heterocycles. The second kappa shape index (κ2) is 12.7. The van der Waals surface area contributed by atoms with Crippen LogP contribution in [-0.2, 0) is 19.4 Å². The number of nitrogens with zero attached hydrogens (tertiary/aromatic N) is 2. The van der Waals surface area contributed by atoms with Gasteiger partial charge >= 0.3 is 0 Å². The fraction of sp³-hybridized carbons (Fsp3) is 0.303. The van der Waals surface area contributed by atoms with Gasteiger partial charge in [0.05, 0.1) is 18.7 Å². The molecule has 0 saturated heterocycles. The molecule has 0 fully saturated rings. The van der Waals surface area contributed by atoms with Gasteiger partial charge in [-0.2, -0.15) is 0 Å². The number of benzene rings is 3. The second-order valence-electron chi connectivity index (χ2n) is 10.7. The molecule has 4 aromatic rings. The van der Waals surface area contributed by atoms with E-state index in [1.165, 1.54) is 16.9 Å². The van der Waals surface area contributed by atoms with Gasteiger partial charge in [-0.1, -0.05) is 66.7 Å². The third kappa shape index (κ3) is 6.73. The van der Waals surface area contributed by atoms with Crippen LogP contribution in [0.2, 0.25) is 0 Å². The molecule has 3 atom stereocenters. The molecule has 0 spiro atoms. The number of hydrogen-bond acceptors (Lipinski definition) is 6. The van der Waals surface area contributed by atoms with Gasteiger partial charge in [0.2, 0.25) is 0 Å². The zero-order chi connectivity index (χ0) is 28.1. The minimum Gasteiger partial charge on any atom is -0.391 e. The molecule has 1 aliphatic carbocycles. The summed E-state index contributed by atoms with van der Waals surface area (Å²) in [5.74, 6) is -0.119. The maximum absolute atomic E-state index is 13.5. The summed E-state index contributed by atoms with van der Waals surface area (Å²) in [6.45, 7) is 2.95. The van der Waals surface area contributed by atoms with E-state index in [0.29, 0.717) is 37.1 Å². The molecule has 0 saturated carbocycles. The van der Waals surface area contributed by atoms with Gasteiger partial charge in [0, 0.05) is 42.1 Å². The Hall–Kier alpha value is -3.65. The van der Waals surface area contributed by atoms with Crippen LogP contribution in [0.3, 0.4) is 0 Å². The molecule has 1 amide bonds. The Morgan fingerprint density at radius 3 is 2.58 bits per heavy atom. The van der Waals surface area contributed by atoms with Crippen molar-refractivity contribution >= 4 is 23.0 Å². The van der Waals surface area contributed by atoms with Crippen molar-refractivity contribution in [3.8, 4) is 0 Å². The van der Waals surface area contributed by atoms with Gasteiger partial charge in [-0.3, -0.25) is 9.59 Å².